The Labute approximate surface area is 206 Å². The maximum Gasteiger partial charge on any atom is 0.174 e. The van der Waals surface area contributed by atoms with Crippen molar-refractivity contribution in [2.45, 2.75) is 50.4 Å². The Balaban J connectivity index is 1.57. The van der Waals surface area contributed by atoms with Crippen LogP contribution in [-0.4, -0.2) is 50.8 Å². The summed E-state index contributed by atoms with van der Waals surface area (Å²) in [5.41, 5.74) is 0.892. The number of nitrogens with zero attached hydrogens (tertiary/aromatic N) is 6. The van der Waals surface area contributed by atoms with Crippen molar-refractivity contribution in [2.75, 3.05) is 13.1 Å². The number of halogens is 2. The third-order valence-electron chi connectivity index (χ3n) is 6.59. The molecule has 3 aromatic rings. The first-order chi connectivity index (χ1) is 17.4. The number of aliphatic imine (C=N–C) groups is 1. The number of nitriles is 1. The van der Waals surface area contributed by atoms with E-state index < -0.39 is 17.6 Å². The number of aromatic nitrogens is 3. The summed E-state index contributed by atoms with van der Waals surface area (Å²) in [7, 11) is 0. The second-order valence-corrected chi connectivity index (χ2v) is 9.16. The van der Waals surface area contributed by atoms with Crippen LogP contribution in [0.5, 0.6) is 5.75 Å². The van der Waals surface area contributed by atoms with E-state index in [1.165, 1.54) is 22.8 Å². The molecule has 0 bridgehead atoms. The van der Waals surface area contributed by atoms with Crippen molar-refractivity contribution in [2.24, 2.45) is 15.9 Å². The Morgan fingerprint density at radius 3 is 2.75 bits per heavy atom. The molecular weight excluding hydrogens is 466 g/mol. The fourth-order valence-corrected chi connectivity index (χ4v) is 4.52. The molecule has 3 aromatic heterocycles. The summed E-state index contributed by atoms with van der Waals surface area (Å²) < 4.78 is 36.7. The summed E-state index contributed by atoms with van der Waals surface area (Å²) in [6.45, 7) is 3.64. The van der Waals surface area contributed by atoms with E-state index in [9.17, 15) is 9.65 Å². The highest BCUT2D eigenvalue weighted by Gasteiger charge is 2.53. The molecule has 1 atom stereocenters. The Kier molecular flexibility index (Phi) is 6.36. The lowest BCUT2D eigenvalue weighted by Crippen LogP contribution is -2.31. The predicted molar refractivity (Wildman–Crippen MR) is 130 cm³/mol. The van der Waals surface area contributed by atoms with Crippen LogP contribution in [0.2, 0.25) is 0 Å². The molecule has 2 aliphatic rings. The molecule has 9 nitrogen and oxygen atoms in total. The second-order valence-electron chi connectivity index (χ2n) is 9.16. The van der Waals surface area contributed by atoms with Crippen LogP contribution in [0.3, 0.4) is 0 Å². The van der Waals surface area contributed by atoms with Gasteiger partial charge in [0.25, 0.3) is 0 Å². The van der Waals surface area contributed by atoms with E-state index in [0.29, 0.717) is 22.5 Å². The lowest BCUT2D eigenvalue weighted by Gasteiger charge is -2.23. The predicted octanol–water partition coefficient (Wildman–Crippen LogP) is 3.24. The molecule has 4 heterocycles. The van der Waals surface area contributed by atoms with Crippen LogP contribution >= 0.6 is 0 Å². The first-order valence-corrected chi connectivity index (χ1v) is 11.8. The van der Waals surface area contributed by atoms with Gasteiger partial charge in [-0.05, 0) is 63.9 Å². The quantitative estimate of drug-likeness (QED) is 0.296. The van der Waals surface area contributed by atoms with Gasteiger partial charge in [-0.3, -0.25) is 9.98 Å². The van der Waals surface area contributed by atoms with Gasteiger partial charge in [0.15, 0.2) is 11.8 Å². The standard InChI is InChI=1S/C25H26F2N8O/c1-15(33-19-4-8-30-9-5-19)22(34-29)16-10-21(23-17(11-28)12-32-35(23)14-16)36-24(25(27)6-7-25)20-3-2-18(26)13-31-20/h2-3,10,12-14,19,24,30H,4-9,29H2,1H3/b33-15?,34-22+. The molecule has 5 rings (SSSR count). The van der Waals surface area contributed by atoms with Crippen LogP contribution < -0.4 is 15.9 Å². The minimum atomic E-state index is -1.65. The van der Waals surface area contributed by atoms with E-state index in [-0.39, 0.29) is 35.9 Å². The van der Waals surface area contributed by atoms with E-state index in [0.717, 1.165) is 32.1 Å². The third-order valence-corrected chi connectivity index (χ3v) is 6.59. The summed E-state index contributed by atoms with van der Waals surface area (Å²) in [4.78, 5) is 8.88. The van der Waals surface area contributed by atoms with Gasteiger partial charge in [0.2, 0.25) is 0 Å². The van der Waals surface area contributed by atoms with Crippen LogP contribution in [0.4, 0.5) is 8.78 Å². The Bertz CT molecular complexity index is 1370. The Morgan fingerprint density at radius 1 is 1.33 bits per heavy atom. The number of nitrogens with one attached hydrogen (secondary N) is 1. The molecule has 0 spiro atoms. The first-order valence-electron chi connectivity index (χ1n) is 11.8. The van der Waals surface area contributed by atoms with Gasteiger partial charge in [-0.2, -0.15) is 15.5 Å². The number of ether oxygens (including phenoxy) is 1. The van der Waals surface area contributed by atoms with Gasteiger partial charge in [0.1, 0.15) is 34.4 Å². The zero-order chi connectivity index (χ0) is 25.3. The molecule has 0 radical (unpaired) electrons. The summed E-state index contributed by atoms with van der Waals surface area (Å²) in [5, 5.41) is 21.2. The van der Waals surface area contributed by atoms with Gasteiger partial charge in [0.05, 0.1) is 29.8 Å². The summed E-state index contributed by atoms with van der Waals surface area (Å²) >= 11 is 0. The van der Waals surface area contributed by atoms with Crippen LogP contribution in [0, 0.1) is 17.1 Å². The van der Waals surface area contributed by atoms with Crippen molar-refractivity contribution < 1.29 is 13.5 Å². The van der Waals surface area contributed by atoms with Crippen LogP contribution in [0.25, 0.3) is 5.52 Å². The van der Waals surface area contributed by atoms with E-state index in [1.807, 2.05) is 6.92 Å². The van der Waals surface area contributed by atoms with Crippen molar-refractivity contribution in [1.82, 2.24) is 19.9 Å². The fourth-order valence-electron chi connectivity index (χ4n) is 4.52. The molecule has 1 aliphatic carbocycles. The summed E-state index contributed by atoms with van der Waals surface area (Å²) in [6, 6.07) is 6.54. The SMILES string of the molecule is CC(=NC1CCNCC1)/C(=N\N)c1cc(OC(c2ccc(F)cn2)C2(F)CC2)c2c(C#N)cnn2c1. The maximum absolute atomic E-state index is 15.4. The highest BCUT2D eigenvalue weighted by atomic mass is 19.1. The smallest absolute Gasteiger partial charge is 0.174 e. The molecule has 186 valence electrons. The normalized spacial score (nSPS) is 19.2. The fraction of sp³-hybridized carbons (Fsp3) is 0.400. The molecule has 36 heavy (non-hydrogen) atoms. The van der Waals surface area contributed by atoms with Crippen molar-refractivity contribution in [3.05, 3.63) is 59.4 Å². The monoisotopic (exact) mass is 492 g/mol. The van der Waals surface area contributed by atoms with E-state index >= 15 is 4.39 Å². The number of fused-ring (bicyclic) bond motifs is 1. The van der Waals surface area contributed by atoms with Crippen molar-refractivity contribution in [1.29, 1.82) is 5.26 Å². The van der Waals surface area contributed by atoms with Crippen molar-refractivity contribution in [3.8, 4) is 11.8 Å². The topological polar surface area (TPSA) is 126 Å². The largest absolute Gasteiger partial charge is 0.478 e. The number of rotatable bonds is 7. The lowest BCUT2D eigenvalue weighted by molar-refractivity contribution is 0.0799. The van der Waals surface area contributed by atoms with Crippen molar-refractivity contribution >= 4 is 16.9 Å². The minimum absolute atomic E-state index is 0.160. The highest BCUT2D eigenvalue weighted by Crippen LogP contribution is 2.51. The molecule has 11 heteroatoms. The Hall–Kier alpha value is -3.91. The third kappa shape index (κ3) is 4.64. The van der Waals surface area contributed by atoms with Gasteiger partial charge in [-0.25, -0.2) is 13.3 Å². The number of alkyl halides is 1. The van der Waals surface area contributed by atoms with E-state index in [1.54, 1.807) is 12.3 Å². The van der Waals surface area contributed by atoms with Crippen LogP contribution in [0.1, 0.15) is 55.5 Å². The number of piperidine rings is 1. The first kappa shape index (κ1) is 23.8. The zero-order valence-electron chi connectivity index (χ0n) is 19.8. The maximum atomic E-state index is 15.4. The molecular formula is C25H26F2N8O. The molecule has 1 saturated heterocycles. The zero-order valence-corrected chi connectivity index (χ0v) is 19.8. The molecule has 0 aromatic carbocycles. The lowest BCUT2D eigenvalue weighted by atomic mass is 10.0. The van der Waals surface area contributed by atoms with Crippen LogP contribution in [-0.2, 0) is 0 Å². The number of nitrogens with two attached hydrogens (primary N) is 1. The number of hydrogen-bond acceptors (Lipinski definition) is 8. The van der Waals surface area contributed by atoms with E-state index in [4.69, 9.17) is 15.6 Å². The minimum Gasteiger partial charge on any atom is -0.478 e. The van der Waals surface area contributed by atoms with Gasteiger partial charge in [-0.1, -0.05) is 0 Å². The molecule has 1 saturated carbocycles. The van der Waals surface area contributed by atoms with Gasteiger partial charge in [0, 0.05) is 11.8 Å². The van der Waals surface area contributed by atoms with Gasteiger partial charge >= 0.3 is 0 Å². The highest BCUT2D eigenvalue weighted by molar-refractivity contribution is 6.47. The number of hydrogen-bond donors (Lipinski definition) is 2. The summed E-state index contributed by atoms with van der Waals surface area (Å²) in [5.74, 6) is 5.48. The average Bonchev–Trinajstić information content (AvgIpc) is 3.49. The van der Waals surface area contributed by atoms with Gasteiger partial charge < -0.3 is 15.9 Å². The molecule has 2 fully saturated rings. The Morgan fingerprint density at radius 2 is 2.11 bits per heavy atom. The molecule has 3 N–H and O–H groups in total. The molecule has 1 unspecified atom stereocenters. The van der Waals surface area contributed by atoms with Gasteiger partial charge in [-0.15, -0.1) is 0 Å². The number of pyridine rings is 2. The molecule has 0 amide bonds. The van der Waals surface area contributed by atoms with E-state index in [2.05, 4.69) is 26.6 Å². The average molecular weight is 493 g/mol. The summed E-state index contributed by atoms with van der Waals surface area (Å²) in [6.07, 6.45) is 5.43. The second kappa shape index (κ2) is 9.62. The number of hydrazone groups is 1. The van der Waals surface area contributed by atoms with Crippen LogP contribution in [0.15, 0.2) is 46.9 Å². The van der Waals surface area contributed by atoms with Crippen molar-refractivity contribution in [3.63, 3.8) is 0 Å². The molecule has 1 aliphatic heterocycles.